The molecule has 1 aliphatic rings. The molecule has 1 aromatic carbocycles. The minimum absolute atomic E-state index is 0.174. The normalized spacial score (nSPS) is 17.7. The first kappa shape index (κ1) is 19.0. The highest BCUT2D eigenvalue weighted by Gasteiger charge is 2.27. The Morgan fingerprint density at radius 3 is 2.56 bits per heavy atom. The SMILES string of the molecule is CC(C)(C)OC(=O)N1CCCC(CNC(=O)c2ccc(C=O)cc2)C1. The van der Waals surface area contributed by atoms with Gasteiger partial charge in [-0.1, -0.05) is 12.1 Å². The van der Waals surface area contributed by atoms with E-state index in [1.807, 2.05) is 20.8 Å². The maximum absolute atomic E-state index is 12.2. The predicted molar refractivity (Wildman–Crippen MR) is 94.7 cm³/mol. The first-order chi connectivity index (χ1) is 11.8. The molecule has 2 amide bonds. The monoisotopic (exact) mass is 346 g/mol. The van der Waals surface area contributed by atoms with Crippen molar-refractivity contribution in [3.8, 4) is 0 Å². The zero-order valence-electron chi connectivity index (χ0n) is 15.1. The van der Waals surface area contributed by atoms with E-state index in [0.29, 0.717) is 30.8 Å². The van der Waals surface area contributed by atoms with Crippen molar-refractivity contribution in [2.75, 3.05) is 19.6 Å². The molecular weight excluding hydrogens is 320 g/mol. The van der Waals surface area contributed by atoms with Crippen molar-refractivity contribution in [2.24, 2.45) is 5.92 Å². The Hall–Kier alpha value is -2.37. The molecule has 1 unspecified atom stereocenters. The van der Waals surface area contributed by atoms with Crippen molar-refractivity contribution in [3.63, 3.8) is 0 Å². The quantitative estimate of drug-likeness (QED) is 0.851. The summed E-state index contributed by atoms with van der Waals surface area (Å²) in [5.74, 6) is 0.0336. The lowest BCUT2D eigenvalue weighted by atomic mass is 9.98. The fourth-order valence-electron chi connectivity index (χ4n) is 2.78. The van der Waals surface area contributed by atoms with Crippen LogP contribution in [0, 0.1) is 5.92 Å². The zero-order valence-corrected chi connectivity index (χ0v) is 15.1. The number of hydrogen-bond donors (Lipinski definition) is 1. The van der Waals surface area contributed by atoms with Gasteiger partial charge in [0.2, 0.25) is 0 Å². The van der Waals surface area contributed by atoms with E-state index in [2.05, 4.69) is 5.32 Å². The Kier molecular flexibility index (Phi) is 6.17. The molecule has 1 heterocycles. The van der Waals surface area contributed by atoms with Crippen LogP contribution >= 0.6 is 0 Å². The highest BCUT2D eigenvalue weighted by Crippen LogP contribution is 2.19. The van der Waals surface area contributed by atoms with Crippen LogP contribution in [0.5, 0.6) is 0 Å². The number of piperidine rings is 1. The van der Waals surface area contributed by atoms with E-state index in [1.165, 1.54) is 0 Å². The van der Waals surface area contributed by atoms with Gasteiger partial charge >= 0.3 is 6.09 Å². The number of amides is 2. The largest absolute Gasteiger partial charge is 0.444 e. The molecule has 1 aliphatic heterocycles. The lowest BCUT2D eigenvalue weighted by molar-refractivity contribution is 0.0167. The fraction of sp³-hybridized carbons (Fsp3) is 0.526. The standard InChI is InChI=1S/C19H26N2O4/c1-19(2,3)25-18(24)21-10-4-5-15(12-21)11-20-17(23)16-8-6-14(13-22)7-9-16/h6-9,13,15H,4-5,10-12H2,1-3H3,(H,20,23). The van der Waals surface area contributed by atoms with Gasteiger partial charge in [-0.3, -0.25) is 9.59 Å². The van der Waals surface area contributed by atoms with Gasteiger partial charge in [-0.15, -0.1) is 0 Å². The minimum Gasteiger partial charge on any atom is -0.444 e. The number of aldehydes is 1. The molecule has 136 valence electrons. The number of likely N-dealkylation sites (tertiary alicyclic amines) is 1. The molecular formula is C19H26N2O4. The van der Waals surface area contributed by atoms with Gasteiger partial charge in [0.15, 0.2) is 0 Å². The number of hydrogen-bond acceptors (Lipinski definition) is 4. The molecule has 1 aromatic rings. The second-order valence-corrected chi connectivity index (χ2v) is 7.38. The summed E-state index contributed by atoms with van der Waals surface area (Å²) in [6.07, 6.45) is 2.31. The molecule has 6 nitrogen and oxygen atoms in total. The molecule has 0 saturated carbocycles. The third-order valence-electron chi connectivity index (χ3n) is 4.03. The van der Waals surface area contributed by atoms with Crippen LogP contribution in [0.1, 0.15) is 54.3 Å². The zero-order chi connectivity index (χ0) is 18.4. The van der Waals surface area contributed by atoms with E-state index in [9.17, 15) is 14.4 Å². The summed E-state index contributed by atoms with van der Waals surface area (Å²) in [5, 5.41) is 2.91. The van der Waals surface area contributed by atoms with Crippen LogP contribution in [0.3, 0.4) is 0 Å². The summed E-state index contributed by atoms with van der Waals surface area (Å²) < 4.78 is 5.41. The minimum atomic E-state index is -0.508. The van der Waals surface area contributed by atoms with Crippen LogP contribution in [0.2, 0.25) is 0 Å². The predicted octanol–water partition coefficient (Wildman–Crippen LogP) is 2.88. The third-order valence-corrected chi connectivity index (χ3v) is 4.03. The number of benzene rings is 1. The Morgan fingerprint density at radius 2 is 1.96 bits per heavy atom. The van der Waals surface area contributed by atoms with E-state index < -0.39 is 5.60 Å². The molecule has 0 spiro atoms. The van der Waals surface area contributed by atoms with Crippen molar-refractivity contribution in [1.29, 1.82) is 0 Å². The van der Waals surface area contributed by atoms with Gasteiger partial charge in [0.25, 0.3) is 5.91 Å². The fourth-order valence-corrected chi connectivity index (χ4v) is 2.78. The Morgan fingerprint density at radius 1 is 1.28 bits per heavy atom. The van der Waals surface area contributed by atoms with Crippen LogP contribution in [0.15, 0.2) is 24.3 Å². The molecule has 1 N–H and O–H groups in total. The average Bonchev–Trinajstić information content (AvgIpc) is 2.58. The van der Waals surface area contributed by atoms with Gasteiger partial charge in [-0.25, -0.2) is 4.79 Å². The third kappa shape index (κ3) is 5.89. The van der Waals surface area contributed by atoms with E-state index in [1.54, 1.807) is 29.2 Å². The molecule has 0 radical (unpaired) electrons. The molecule has 0 bridgehead atoms. The highest BCUT2D eigenvalue weighted by atomic mass is 16.6. The smallest absolute Gasteiger partial charge is 0.410 e. The molecule has 1 atom stereocenters. The van der Waals surface area contributed by atoms with Crippen LogP contribution in [-0.2, 0) is 4.74 Å². The van der Waals surface area contributed by atoms with Gasteiger partial charge in [-0.2, -0.15) is 0 Å². The summed E-state index contributed by atoms with van der Waals surface area (Å²) in [7, 11) is 0. The topological polar surface area (TPSA) is 75.7 Å². The molecule has 2 rings (SSSR count). The molecule has 6 heteroatoms. The number of carbonyl (C=O) groups is 3. The van der Waals surface area contributed by atoms with Gasteiger partial charge in [-0.05, 0) is 51.7 Å². The van der Waals surface area contributed by atoms with E-state index in [0.717, 1.165) is 19.1 Å². The Labute approximate surface area is 148 Å². The lowest BCUT2D eigenvalue weighted by Gasteiger charge is -2.34. The summed E-state index contributed by atoms with van der Waals surface area (Å²) in [6, 6.07) is 6.50. The first-order valence-electron chi connectivity index (χ1n) is 8.60. The molecule has 0 aromatic heterocycles. The van der Waals surface area contributed by atoms with Crippen molar-refractivity contribution in [1.82, 2.24) is 10.2 Å². The van der Waals surface area contributed by atoms with E-state index in [4.69, 9.17) is 4.74 Å². The summed E-state index contributed by atoms with van der Waals surface area (Å²) in [4.78, 5) is 36.7. The van der Waals surface area contributed by atoms with Gasteiger partial charge in [0.05, 0.1) is 0 Å². The number of ether oxygens (including phenoxy) is 1. The maximum Gasteiger partial charge on any atom is 0.410 e. The highest BCUT2D eigenvalue weighted by molar-refractivity contribution is 5.94. The Balaban J connectivity index is 1.84. The number of nitrogens with zero attached hydrogens (tertiary/aromatic N) is 1. The molecule has 1 fully saturated rings. The molecule has 1 saturated heterocycles. The van der Waals surface area contributed by atoms with Crippen LogP contribution in [-0.4, -0.2) is 48.4 Å². The second kappa shape index (κ2) is 8.14. The first-order valence-corrected chi connectivity index (χ1v) is 8.60. The Bertz CT molecular complexity index is 619. The lowest BCUT2D eigenvalue weighted by Crippen LogP contribution is -2.45. The van der Waals surface area contributed by atoms with Crippen LogP contribution < -0.4 is 5.32 Å². The van der Waals surface area contributed by atoms with Gasteiger partial charge < -0.3 is 15.0 Å². The number of carbonyl (C=O) groups excluding carboxylic acids is 3. The number of rotatable bonds is 4. The molecule has 25 heavy (non-hydrogen) atoms. The van der Waals surface area contributed by atoms with Gasteiger partial charge in [0.1, 0.15) is 11.9 Å². The van der Waals surface area contributed by atoms with Crippen molar-refractivity contribution in [2.45, 2.75) is 39.2 Å². The maximum atomic E-state index is 12.2. The van der Waals surface area contributed by atoms with E-state index in [-0.39, 0.29) is 17.9 Å². The summed E-state index contributed by atoms with van der Waals surface area (Å²) in [6.45, 7) is 7.33. The van der Waals surface area contributed by atoms with Gasteiger partial charge in [0, 0.05) is 30.8 Å². The van der Waals surface area contributed by atoms with Crippen LogP contribution in [0.25, 0.3) is 0 Å². The molecule has 0 aliphatic carbocycles. The number of nitrogens with one attached hydrogen (secondary N) is 1. The second-order valence-electron chi connectivity index (χ2n) is 7.38. The van der Waals surface area contributed by atoms with Crippen LogP contribution in [0.4, 0.5) is 4.79 Å². The van der Waals surface area contributed by atoms with Crippen molar-refractivity contribution in [3.05, 3.63) is 35.4 Å². The van der Waals surface area contributed by atoms with Crippen molar-refractivity contribution < 1.29 is 19.1 Å². The average molecular weight is 346 g/mol. The summed E-state index contributed by atoms with van der Waals surface area (Å²) >= 11 is 0. The van der Waals surface area contributed by atoms with Crippen molar-refractivity contribution >= 4 is 18.3 Å². The van der Waals surface area contributed by atoms with E-state index >= 15 is 0 Å². The summed E-state index contributed by atoms with van der Waals surface area (Å²) in [5.41, 5.74) is 0.550.